The summed E-state index contributed by atoms with van der Waals surface area (Å²) in [6, 6.07) is 10.3. The highest BCUT2D eigenvalue weighted by molar-refractivity contribution is 7.73. The van der Waals surface area contributed by atoms with Crippen molar-refractivity contribution in [2.45, 2.75) is 13.1 Å². The van der Waals surface area contributed by atoms with E-state index in [1.54, 1.807) is 0 Å². The van der Waals surface area contributed by atoms with Crippen molar-refractivity contribution in [2.75, 3.05) is 11.4 Å². The molecule has 0 unspecified atom stereocenters. The first-order valence-corrected chi connectivity index (χ1v) is 9.17. The molecule has 142 valence electrons. The fourth-order valence-corrected chi connectivity index (χ4v) is 3.72. The molecule has 0 radical (unpaired) electrons. The van der Waals surface area contributed by atoms with Crippen LogP contribution in [-0.4, -0.2) is 17.5 Å². The smallest absolute Gasteiger partial charge is 0.337 e. The van der Waals surface area contributed by atoms with Crippen molar-refractivity contribution >= 4 is 51.1 Å². The topological polar surface area (TPSA) is 69.4 Å². The van der Waals surface area contributed by atoms with Gasteiger partial charge >= 0.3 is 6.18 Å². The molecule has 0 saturated carbocycles. The minimum absolute atomic E-state index is 0.316. The van der Waals surface area contributed by atoms with Crippen LogP contribution in [0.5, 0.6) is 0 Å². The Morgan fingerprint density at radius 3 is 2.56 bits per heavy atom. The van der Waals surface area contributed by atoms with Gasteiger partial charge in [0, 0.05) is 12.2 Å². The lowest BCUT2D eigenvalue weighted by molar-refractivity contribution is -0.137. The number of aromatic nitrogens is 1. The van der Waals surface area contributed by atoms with E-state index in [4.69, 9.17) is 18.1 Å². The standard InChI is InChI=1S/C17H16F3N5S2/c1-2-25(12-7-8-13-14(9-12)27-16(26)23-13)15(24-21)22-11-5-3-10(4-6-11)17(18,19)20/h3-9H,2,21H2,1H3,(H,22,24)(H,23,26). The molecule has 0 fully saturated rings. The first-order chi connectivity index (χ1) is 12.8. The molecule has 0 bridgehead atoms. The summed E-state index contributed by atoms with van der Waals surface area (Å²) in [6.45, 7) is 2.47. The number of H-pyrrole nitrogens is 1. The quantitative estimate of drug-likeness (QED) is 0.187. The molecule has 3 aromatic rings. The van der Waals surface area contributed by atoms with Crippen molar-refractivity contribution in [3.8, 4) is 0 Å². The number of rotatable bonds is 3. The molecule has 0 aliphatic heterocycles. The van der Waals surface area contributed by atoms with E-state index in [9.17, 15) is 13.2 Å². The maximum Gasteiger partial charge on any atom is 0.416 e. The number of nitrogens with one attached hydrogen (secondary N) is 2. The van der Waals surface area contributed by atoms with Gasteiger partial charge in [-0.3, -0.25) is 5.43 Å². The van der Waals surface area contributed by atoms with E-state index in [1.807, 2.05) is 30.0 Å². The highest BCUT2D eigenvalue weighted by Gasteiger charge is 2.30. The number of aromatic amines is 1. The highest BCUT2D eigenvalue weighted by Crippen LogP contribution is 2.30. The molecule has 1 heterocycles. The number of fused-ring (bicyclic) bond motifs is 1. The number of anilines is 1. The van der Waals surface area contributed by atoms with E-state index in [0.717, 1.165) is 28.0 Å². The third kappa shape index (κ3) is 4.29. The summed E-state index contributed by atoms with van der Waals surface area (Å²) in [6.07, 6.45) is -4.39. The number of nitrogens with two attached hydrogens (primary N) is 1. The number of hydrogen-bond donors (Lipinski definition) is 3. The Hall–Kier alpha value is -2.43. The lowest BCUT2D eigenvalue weighted by Gasteiger charge is -2.24. The minimum Gasteiger partial charge on any atom is -0.337 e. The maximum absolute atomic E-state index is 12.7. The van der Waals surface area contributed by atoms with Gasteiger partial charge in [-0.1, -0.05) is 0 Å². The van der Waals surface area contributed by atoms with E-state index in [0.29, 0.717) is 22.1 Å². The Morgan fingerprint density at radius 2 is 1.96 bits per heavy atom. The predicted molar refractivity (Wildman–Crippen MR) is 106 cm³/mol. The molecule has 0 spiro atoms. The Balaban J connectivity index is 1.95. The lowest BCUT2D eigenvalue weighted by Crippen LogP contribution is -2.44. The van der Waals surface area contributed by atoms with Gasteiger partial charge in [-0.05, 0) is 61.6 Å². The third-order valence-corrected chi connectivity index (χ3v) is 5.04. The molecular weight excluding hydrogens is 395 g/mol. The van der Waals surface area contributed by atoms with Crippen molar-refractivity contribution in [1.82, 2.24) is 10.4 Å². The van der Waals surface area contributed by atoms with Crippen molar-refractivity contribution in [1.29, 1.82) is 0 Å². The van der Waals surface area contributed by atoms with Crippen LogP contribution in [0.25, 0.3) is 10.2 Å². The summed E-state index contributed by atoms with van der Waals surface area (Å²) in [7, 11) is 0. The summed E-state index contributed by atoms with van der Waals surface area (Å²) >= 11 is 6.62. The zero-order valence-corrected chi connectivity index (χ0v) is 15.8. The van der Waals surface area contributed by atoms with Crippen LogP contribution < -0.4 is 16.2 Å². The number of halogens is 3. The average Bonchev–Trinajstić information content (AvgIpc) is 3.00. The van der Waals surface area contributed by atoms with Gasteiger partial charge in [-0.15, -0.1) is 11.3 Å². The first-order valence-electron chi connectivity index (χ1n) is 7.95. The molecule has 3 rings (SSSR count). The van der Waals surface area contributed by atoms with Gasteiger partial charge in [0.15, 0.2) is 3.95 Å². The molecule has 4 N–H and O–H groups in total. The van der Waals surface area contributed by atoms with E-state index in [2.05, 4.69) is 15.4 Å². The van der Waals surface area contributed by atoms with Crippen molar-refractivity contribution in [3.63, 3.8) is 0 Å². The van der Waals surface area contributed by atoms with Crippen molar-refractivity contribution in [2.24, 2.45) is 10.8 Å². The molecule has 0 aliphatic carbocycles. The zero-order chi connectivity index (χ0) is 19.6. The second-order valence-electron chi connectivity index (χ2n) is 5.56. The van der Waals surface area contributed by atoms with E-state index < -0.39 is 11.7 Å². The summed E-state index contributed by atoms with van der Waals surface area (Å²) in [5.41, 5.74) is 3.92. The average molecular weight is 411 g/mol. The Morgan fingerprint density at radius 1 is 1.26 bits per heavy atom. The molecule has 0 amide bonds. The zero-order valence-electron chi connectivity index (χ0n) is 14.2. The number of guanidine groups is 1. The molecule has 0 saturated heterocycles. The number of benzene rings is 2. The molecule has 10 heteroatoms. The van der Waals surface area contributed by atoms with Gasteiger partial charge in [0.05, 0.1) is 21.5 Å². The summed E-state index contributed by atoms with van der Waals surface area (Å²) in [5, 5.41) is 0. The summed E-state index contributed by atoms with van der Waals surface area (Å²) in [5.74, 6) is 5.94. The van der Waals surface area contributed by atoms with Crippen molar-refractivity contribution < 1.29 is 13.2 Å². The van der Waals surface area contributed by atoms with Crippen LogP contribution in [0.2, 0.25) is 0 Å². The highest BCUT2D eigenvalue weighted by atomic mass is 32.1. The van der Waals surface area contributed by atoms with Crippen LogP contribution in [0.4, 0.5) is 24.5 Å². The van der Waals surface area contributed by atoms with E-state index in [1.165, 1.54) is 23.5 Å². The number of alkyl halides is 3. The van der Waals surface area contributed by atoms with Crippen molar-refractivity contribution in [3.05, 3.63) is 52.0 Å². The predicted octanol–water partition coefficient (Wildman–Crippen LogP) is 4.95. The van der Waals surface area contributed by atoms with Gasteiger partial charge in [-0.2, -0.15) is 13.2 Å². The van der Waals surface area contributed by atoms with Gasteiger partial charge in [0.25, 0.3) is 0 Å². The fraction of sp³-hybridized carbons (Fsp3) is 0.176. The van der Waals surface area contributed by atoms with Gasteiger partial charge in [0.2, 0.25) is 5.96 Å². The minimum atomic E-state index is -4.39. The second kappa shape index (κ2) is 7.67. The normalized spacial score (nSPS) is 12.4. The lowest BCUT2D eigenvalue weighted by atomic mass is 10.2. The largest absolute Gasteiger partial charge is 0.416 e. The molecule has 1 aromatic heterocycles. The molecule has 2 aromatic carbocycles. The van der Waals surface area contributed by atoms with E-state index in [-0.39, 0.29) is 0 Å². The fourth-order valence-electron chi connectivity index (χ4n) is 2.57. The Bertz CT molecular complexity index is 1020. The summed E-state index contributed by atoms with van der Waals surface area (Å²) in [4.78, 5) is 9.26. The number of thiazole rings is 1. The Labute approximate surface area is 162 Å². The number of hydrogen-bond acceptors (Lipinski definition) is 4. The van der Waals surface area contributed by atoms with Crippen LogP contribution in [0.1, 0.15) is 12.5 Å². The number of nitrogens with zero attached hydrogens (tertiary/aromatic N) is 2. The van der Waals surface area contributed by atoms with Gasteiger partial charge < -0.3 is 9.88 Å². The van der Waals surface area contributed by atoms with Crippen LogP contribution >= 0.6 is 23.6 Å². The van der Waals surface area contributed by atoms with Crippen LogP contribution in [-0.2, 0) is 6.18 Å². The van der Waals surface area contributed by atoms with Crippen LogP contribution in [0.3, 0.4) is 0 Å². The van der Waals surface area contributed by atoms with E-state index >= 15 is 0 Å². The first kappa shape index (κ1) is 19.3. The monoisotopic (exact) mass is 411 g/mol. The number of hydrazine groups is 1. The Kier molecular flexibility index (Phi) is 5.49. The molecule has 5 nitrogen and oxygen atoms in total. The molecule has 0 atom stereocenters. The SMILES string of the molecule is CCN(C(=Nc1ccc(C(F)(F)F)cc1)NN)c1ccc2[nH]c(=S)sc2c1. The van der Waals surface area contributed by atoms with Gasteiger partial charge in [-0.25, -0.2) is 10.8 Å². The second-order valence-corrected chi connectivity index (χ2v) is 7.28. The maximum atomic E-state index is 12.7. The molecule has 0 aliphatic rings. The number of aliphatic imine (C=N–C) groups is 1. The van der Waals surface area contributed by atoms with Crippen LogP contribution in [0, 0.1) is 3.95 Å². The molecular formula is C17H16F3N5S2. The summed E-state index contributed by atoms with van der Waals surface area (Å²) < 4.78 is 39.8. The van der Waals surface area contributed by atoms with Crippen LogP contribution in [0.15, 0.2) is 47.5 Å². The molecule has 27 heavy (non-hydrogen) atoms. The third-order valence-electron chi connectivity index (χ3n) is 3.85. The van der Waals surface area contributed by atoms with Gasteiger partial charge in [0.1, 0.15) is 0 Å².